The standard InChI is InChI=1S/C21H27N3O4S/c1-3-16-28-18-10-8-17(9-11-18)21(25)22-19-6-4-5-7-20(19)23-12-14-24(15-13-23)29(2,26)27/h4-11H,3,12-16H2,1-2H3,(H,22,25). The first-order chi connectivity index (χ1) is 13.9. The van der Waals surface area contributed by atoms with E-state index in [-0.39, 0.29) is 5.91 Å². The molecule has 0 atom stereocenters. The highest BCUT2D eigenvalue weighted by atomic mass is 32.2. The van der Waals surface area contributed by atoms with Crippen molar-refractivity contribution in [3.8, 4) is 5.75 Å². The van der Waals surface area contributed by atoms with Crippen LogP contribution in [0.5, 0.6) is 5.75 Å². The van der Waals surface area contributed by atoms with E-state index in [2.05, 4.69) is 10.2 Å². The molecule has 7 nitrogen and oxygen atoms in total. The zero-order valence-electron chi connectivity index (χ0n) is 16.8. The van der Waals surface area contributed by atoms with Crippen molar-refractivity contribution in [2.24, 2.45) is 0 Å². The van der Waals surface area contributed by atoms with Gasteiger partial charge < -0.3 is 15.0 Å². The molecule has 0 aromatic heterocycles. The summed E-state index contributed by atoms with van der Waals surface area (Å²) in [6.45, 7) is 4.69. The molecule has 0 radical (unpaired) electrons. The van der Waals surface area contributed by atoms with Gasteiger partial charge >= 0.3 is 0 Å². The van der Waals surface area contributed by atoms with Crippen LogP contribution >= 0.6 is 0 Å². The molecule has 1 amide bonds. The maximum absolute atomic E-state index is 12.7. The minimum Gasteiger partial charge on any atom is -0.494 e. The predicted molar refractivity (Wildman–Crippen MR) is 115 cm³/mol. The fourth-order valence-electron chi connectivity index (χ4n) is 3.23. The number of hydrogen-bond donors (Lipinski definition) is 1. The van der Waals surface area contributed by atoms with E-state index in [1.54, 1.807) is 24.3 Å². The third-order valence-corrected chi connectivity index (χ3v) is 6.09. The van der Waals surface area contributed by atoms with E-state index in [0.29, 0.717) is 44.0 Å². The van der Waals surface area contributed by atoms with Gasteiger partial charge in [0.15, 0.2) is 0 Å². The fourth-order valence-corrected chi connectivity index (χ4v) is 4.06. The molecule has 0 unspecified atom stereocenters. The number of sulfonamides is 1. The van der Waals surface area contributed by atoms with Gasteiger partial charge in [-0.3, -0.25) is 4.79 Å². The van der Waals surface area contributed by atoms with Gasteiger partial charge in [0.1, 0.15) is 5.75 Å². The van der Waals surface area contributed by atoms with Crippen LogP contribution in [-0.2, 0) is 10.0 Å². The number of piperazine rings is 1. The number of nitrogens with zero attached hydrogens (tertiary/aromatic N) is 2. The molecule has 1 fully saturated rings. The van der Waals surface area contributed by atoms with Crippen molar-refractivity contribution in [1.82, 2.24) is 4.31 Å². The van der Waals surface area contributed by atoms with E-state index in [4.69, 9.17) is 4.74 Å². The molecule has 1 N–H and O–H groups in total. The summed E-state index contributed by atoms with van der Waals surface area (Å²) in [6, 6.07) is 14.6. The molecular weight excluding hydrogens is 390 g/mol. The smallest absolute Gasteiger partial charge is 0.255 e. The zero-order valence-corrected chi connectivity index (χ0v) is 17.6. The summed E-state index contributed by atoms with van der Waals surface area (Å²) in [5.74, 6) is 0.543. The van der Waals surface area contributed by atoms with Crippen molar-refractivity contribution in [3.63, 3.8) is 0 Å². The largest absolute Gasteiger partial charge is 0.494 e. The Kier molecular flexibility index (Phi) is 6.76. The van der Waals surface area contributed by atoms with Crippen LogP contribution in [0.25, 0.3) is 0 Å². The number of hydrogen-bond acceptors (Lipinski definition) is 5. The SMILES string of the molecule is CCCOc1ccc(C(=O)Nc2ccccc2N2CCN(S(C)(=O)=O)CC2)cc1. The van der Waals surface area contributed by atoms with Crippen LogP contribution in [-0.4, -0.2) is 57.7 Å². The molecule has 1 aliphatic heterocycles. The van der Waals surface area contributed by atoms with E-state index < -0.39 is 10.0 Å². The average Bonchev–Trinajstić information content (AvgIpc) is 2.72. The summed E-state index contributed by atoms with van der Waals surface area (Å²) in [5, 5.41) is 2.97. The monoisotopic (exact) mass is 417 g/mol. The van der Waals surface area contributed by atoms with Crippen LogP contribution in [0.3, 0.4) is 0 Å². The van der Waals surface area contributed by atoms with E-state index in [0.717, 1.165) is 17.9 Å². The molecule has 2 aromatic carbocycles. The van der Waals surface area contributed by atoms with Gasteiger partial charge in [-0.05, 0) is 42.8 Å². The Morgan fingerprint density at radius 1 is 1.03 bits per heavy atom. The molecule has 3 rings (SSSR count). The topological polar surface area (TPSA) is 79.0 Å². The molecule has 8 heteroatoms. The lowest BCUT2D eigenvalue weighted by Crippen LogP contribution is -2.48. The number of anilines is 2. The number of benzene rings is 2. The Morgan fingerprint density at radius 3 is 2.31 bits per heavy atom. The highest BCUT2D eigenvalue weighted by Crippen LogP contribution is 2.27. The molecule has 29 heavy (non-hydrogen) atoms. The lowest BCUT2D eigenvalue weighted by molar-refractivity contribution is 0.102. The zero-order chi connectivity index (χ0) is 20.9. The van der Waals surface area contributed by atoms with E-state index in [1.807, 2.05) is 31.2 Å². The van der Waals surface area contributed by atoms with Crippen molar-refractivity contribution in [3.05, 3.63) is 54.1 Å². The van der Waals surface area contributed by atoms with Gasteiger partial charge in [-0.2, -0.15) is 4.31 Å². The van der Waals surface area contributed by atoms with Crippen LogP contribution in [0, 0.1) is 0 Å². The maximum Gasteiger partial charge on any atom is 0.255 e. The van der Waals surface area contributed by atoms with Crippen molar-refractivity contribution < 1.29 is 17.9 Å². The summed E-state index contributed by atoms with van der Waals surface area (Å²) in [6.07, 6.45) is 2.16. The van der Waals surface area contributed by atoms with Gasteiger partial charge in [0.25, 0.3) is 5.91 Å². The number of amides is 1. The van der Waals surface area contributed by atoms with Gasteiger partial charge in [-0.1, -0.05) is 19.1 Å². The number of rotatable bonds is 7. The second-order valence-electron chi connectivity index (χ2n) is 6.99. The predicted octanol–water partition coefficient (Wildman–Crippen LogP) is 2.81. The third kappa shape index (κ3) is 5.48. The summed E-state index contributed by atoms with van der Waals surface area (Å²) in [5.41, 5.74) is 2.14. The lowest BCUT2D eigenvalue weighted by atomic mass is 10.1. The molecule has 0 aliphatic carbocycles. The second-order valence-corrected chi connectivity index (χ2v) is 8.98. The molecular formula is C21H27N3O4S. The minimum atomic E-state index is -3.18. The van der Waals surface area contributed by atoms with Gasteiger partial charge in [0.05, 0.1) is 24.2 Å². The summed E-state index contributed by atoms with van der Waals surface area (Å²) < 4.78 is 30.5. The molecule has 156 valence electrons. The quantitative estimate of drug-likeness (QED) is 0.749. The normalized spacial score (nSPS) is 15.2. The first-order valence-electron chi connectivity index (χ1n) is 9.72. The van der Waals surface area contributed by atoms with Gasteiger partial charge in [-0.15, -0.1) is 0 Å². The number of carbonyl (C=O) groups excluding carboxylic acids is 1. The molecule has 0 saturated carbocycles. The maximum atomic E-state index is 12.7. The molecule has 1 aliphatic rings. The van der Waals surface area contributed by atoms with E-state index in [1.165, 1.54) is 10.6 Å². The average molecular weight is 418 g/mol. The van der Waals surface area contributed by atoms with E-state index >= 15 is 0 Å². The Bertz CT molecular complexity index is 937. The first kappa shape index (κ1) is 21.1. The Balaban J connectivity index is 1.68. The van der Waals surface area contributed by atoms with Crippen LogP contribution in [0.2, 0.25) is 0 Å². The molecule has 1 saturated heterocycles. The van der Waals surface area contributed by atoms with Gasteiger partial charge in [0, 0.05) is 31.7 Å². The summed E-state index contributed by atoms with van der Waals surface area (Å²) >= 11 is 0. The number of nitrogens with one attached hydrogen (secondary N) is 1. The number of ether oxygens (including phenoxy) is 1. The second kappa shape index (κ2) is 9.28. The fraction of sp³-hybridized carbons (Fsp3) is 0.381. The van der Waals surface area contributed by atoms with Crippen LogP contribution in [0.15, 0.2) is 48.5 Å². The Labute approximate surface area is 172 Å². The number of para-hydroxylation sites is 2. The number of carbonyl (C=O) groups is 1. The first-order valence-corrected chi connectivity index (χ1v) is 11.6. The lowest BCUT2D eigenvalue weighted by Gasteiger charge is -2.35. The summed E-state index contributed by atoms with van der Waals surface area (Å²) in [4.78, 5) is 14.8. The van der Waals surface area contributed by atoms with Crippen molar-refractivity contribution >= 4 is 27.3 Å². The van der Waals surface area contributed by atoms with Crippen molar-refractivity contribution in [2.45, 2.75) is 13.3 Å². The van der Waals surface area contributed by atoms with Crippen molar-refractivity contribution in [1.29, 1.82) is 0 Å². The van der Waals surface area contributed by atoms with Gasteiger partial charge in [-0.25, -0.2) is 8.42 Å². The molecule has 2 aromatic rings. The Hall–Kier alpha value is -2.58. The van der Waals surface area contributed by atoms with Crippen LogP contribution in [0.4, 0.5) is 11.4 Å². The van der Waals surface area contributed by atoms with Crippen molar-refractivity contribution in [2.75, 3.05) is 49.3 Å². The van der Waals surface area contributed by atoms with E-state index in [9.17, 15) is 13.2 Å². The van der Waals surface area contributed by atoms with Gasteiger partial charge in [0.2, 0.25) is 10.0 Å². The highest BCUT2D eigenvalue weighted by Gasteiger charge is 2.24. The van der Waals surface area contributed by atoms with Crippen LogP contribution < -0.4 is 15.0 Å². The highest BCUT2D eigenvalue weighted by molar-refractivity contribution is 7.88. The Morgan fingerprint density at radius 2 is 1.69 bits per heavy atom. The molecule has 0 spiro atoms. The van der Waals surface area contributed by atoms with Crippen LogP contribution in [0.1, 0.15) is 23.7 Å². The minimum absolute atomic E-state index is 0.200. The third-order valence-electron chi connectivity index (χ3n) is 4.79. The summed E-state index contributed by atoms with van der Waals surface area (Å²) in [7, 11) is -3.18. The molecule has 1 heterocycles. The molecule has 0 bridgehead atoms.